The molecule has 0 saturated heterocycles. The maximum atomic E-state index is 10.4. The van der Waals surface area contributed by atoms with Crippen molar-refractivity contribution in [3.05, 3.63) is 52.3 Å². The Morgan fingerprint density at radius 3 is 2.58 bits per heavy atom. The molecular formula is C12H8BCl2N3O. The molecule has 0 unspecified atom stereocenters. The largest absolute Gasteiger partial charge is 0.474 e. The SMILES string of the molecule is OB1c2c(ccnc2Cl)C=NN1c1ccc(Cl)cc1. The minimum Gasteiger partial charge on any atom is -0.427 e. The summed E-state index contributed by atoms with van der Waals surface area (Å²) in [7, 11) is -0.970. The molecule has 0 saturated carbocycles. The van der Waals surface area contributed by atoms with E-state index in [1.54, 1.807) is 42.7 Å². The number of fused-ring (bicyclic) bond motifs is 1. The molecule has 0 aliphatic carbocycles. The summed E-state index contributed by atoms with van der Waals surface area (Å²) in [6, 6.07) is 8.78. The van der Waals surface area contributed by atoms with Gasteiger partial charge >= 0.3 is 7.05 Å². The number of nitrogens with zero attached hydrogens (tertiary/aromatic N) is 3. The molecule has 0 fully saturated rings. The van der Waals surface area contributed by atoms with Crippen molar-refractivity contribution in [1.82, 2.24) is 4.98 Å². The first-order chi connectivity index (χ1) is 9.16. The first-order valence-electron chi connectivity index (χ1n) is 5.58. The van der Waals surface area contributed by atoms with Crippen LogP contribution in [0.15, 0.2) is 41.6 Å². The maximum absolute atomic E-state index is 10.4. The average molecular weight is 292 g/mol. The molecule has 1 aromatic heterocycles. The standard InChI is InChI=1S/C12H8BCl2N3O/c14-9-1-3-10(4-2-9)18-13(19)11-8(7-17-18)5-6-16-12(11)15/h1-7,19H. The lowest BCUT2D eigenvalue weighted by Crippen LogP contribution is -2.50. The van der Waals surface area contributed by atoms with E-state index < -0.39 is 7.05 Å². The molecule has 94 valence electrons. The molecule has 1 aliphatic heterocycles. The Morgan fingerprint density at radius 2 is 1.84 bits per heavy atom. The lowest BCUT2D eigenvalue weighted by Gasteiger charge is -2.26. The van der Waals surface area contributed by atoms with E-state index >= 15 is 0 Å². The van der Waals surface area contributed by atoms with E-state index in [0.717, 1.165) is 11.3 Å². The summed E-state index contributed by atoms with van der Waals surface area (Å²) in [6.45, 7) is 0. The van der Waals surface area contributed by atoms with E-state index in [1.165, 1.54) is 4.92 Å². The van der Waals surface area contributed by atoms with Crippen LogP contribution in [-0.4, -0.2) is 23.3 Å². The second-order valence-corrected chi connectivity index (χ2v) is 4.84. The van der Waals surface area contributed by atoms with Crippen LogP contribution < -0.4 is 10.4 Å². The van der Waals surface area contributed by atoms with E-state index in [9.17, 15) is 5.02 Å². The number of aromatic nitrogens is 1. The van der Waals surface area contributed by atoms with Crippen molar-refractivity contribution in [3.8, 4) is 0 Å². The number of benzene rings is 1. The minimum atomic E-state index is -0.970. The number of halogens is 2. The molecule has 1 aliphatic rings. The zero-order chi connectivity index (χ0) is 13.4. The Hall–Kier alpha value is -1.56. The molecule has 7 heteroatoms. The van der Waals surface area contributed by atoms with Crippen LogP contribution in [0.2, 0.25) is 10.2 Å². The van der Waals surface area contributed by atoms with Gasteiger partial charge in [-0.1, -0.05) is 23.2 Å². The molecule has 1 aromatic carbocycles. The number of rotatable bonds is 1. The van der Waals surface area contributed by atoms with E-state index in [1.807, 2.05) is 0 Å². The molecule has 19 heavy (non-hydrogen) atoms. The van der Waals surface area contributed by atoms with Crippen molar-refractivity contribution in [2.24, 2.45) is 5.10 Å². The summed E-state index contributed by atoms with van der Waals surface area (Å²) < 4.78 is 0. The molecular weight excluding hydrogens is 284 g/mol. The molecule has 0 radical (unpaired) electrons. The summed E-state index contributed by atoms with van der Waals surface area (Å²) in [5, 5.41) is 15.5. The third kappa shape index (κ3) is 2.21. The van der Waals surface area contributed by atoms with Crippen LogP contribution in [0, 0.1) is 0 Å². The zero-order valence-corrected chi connectivity index (χ0v) is 11.2. The Kier molecular flexibility index (Phi) is 3.18. The third-order valence-electron chi connectivity index (χ3n) is 2.88. The lowest BCUT2D eigenvalue weighted by atomic mass is 9.70. The second-order valence-electron chi connectivity index (χ2n) is 4.04. The molecule has 4 nitrogen and oxygen atoms in total. The molecule has 0 amide bonds. The highest BCUT2D eigenvalue weighted by Gasteiger charge is 2.32. The number of hydrazone groups is 1. The molecule has 3 rings (SSSR count). The van der Waals surface area contributed by atoms with Gasteiger partial charge in [0.1, 0.15) is 5.15 Å². The smallest absolute Gasteiger partial charge is 0.427 e. The van der Waals surface area contributed by atoms with Gasteiger partial charge in [-0.25, -0.2) is 4.98 Å². The van der Waals surface area contributed by atoms with Gasteiger partial charge in [-0.2, -0.15) is 5.10 Å². The average Bonchev–Trinajstić information content (AvgIpc) is 2.40. The van der Waals surface area contributed by atoms with Crippen LogP contribution in [-0.2, 0) is 0 Å². The summed E-state index contributed by atoms with van der Waals surface area (Å²) in [5.74, 6) is 0. The highest BCUT2D eigenvalue weighted by Crippen LogP contribution is 2.21. The maximum Gasteiger partial charge on any atom is 0.474 e. The number of pyridine rings is 1. The van der Waals surface area contributed by atoms with Crippen LogP contribution in [0.5, 0.6) is 0 Å². The van der Waals surface area contributed by atoms with Gasteiger partial charge < -0.3 is 5.02 Å². The molecule has 1 N–H and O–H groups in total. The van der Waals surface area contributed by atoms with Crippen molar-refractivity contribution in [3.63, 3.8) is 0 Å². The van der Waals surface area contributed by atoms with Crippen molar-refractivity contribution in [2.75, 3.05) is 4.92 Å². The fraction of sp³-hybridized carbons (Fsp3) is 0. The number of anilines is 1. The van der Waals surface area contributed by atoms with E-state index in [-0.39, 0.29) is 5.15 Å². The summed E-state index contributed by atoms with van der Waals surface area (Å²) in [4.78, 5) is 5.45. The van der Waals surface area contributed by atoms with E-state index in [2.05, 4.69) is 10.1 Å². The summed E-state index contributed by atoms with van der Waals surface area (Å²) in [5.41, 5.74) is 2.03. The number of hydrogen-bond donors (Lipinski definition) is 1. The predicted octanol–water partition coefficient (Wildman–Crippen LogP) is 1.93. The lowest BCUT2D eigenvalue weighted by molar-refractivity contribution is 0.578. The van der Waals surface area contributed by atoms with Crippen LogP contribution in [0.1, 0.15) is 5.56 Å². The van der Waals surface area contributed by atoms with Gasteiger partial charge in [0.05, 0.1) is 6.21 Å². The topological polar surface area (TPSA) is 48.7 Å². The minimum absolute atomic E-state index is 0.273. The second kappa shape index (κ2) is 4.85. The Labute approximate surface area is 120 Å². The van der Waals surface area contributed by atoms with Crippen molar-refractivity contribution in [1.29, 1.82) is 0 Å². The Bertz CT molecular complexity index is 648. The number of hydrogen-bond acceptors (Lipinski definition) is 4. The van der Waals surface area contributed by atoms with Gasteiger partial charge in [-0.05, 0) is 35.9 Å². The van der Waals surface area contributed by atoms with Gasteiger partial charge in [0, 0.05) is 22.4 Å². The molecule has 2 aromatic rings. The van der Waals surface area contributed by atoms with Gasteiger partial charge in [-0.3, -0.25) is 4.92 Å². The first-order valence-corrected chi connectivity index (χ1v) is 6.33. The third-order valence-corrected chi connectivity index (χ3v) is 3.43. The highest BCUT2D eigenvalue weighted by atomic mass is 35.5. The molecule has 2 heterocycles. The Balaban J connectivity index is 2.04. The van der Waals surface area contributed by atoms with Gasteiger partial charge in [0.15, 0.2) is 0 Å². The summed E-state index contributed by atoms with van der Waals surface area (Å²) in [6.07, 6.45) is 3.22. The van der Waals surface area contributed by atoms with Gasteiger partial charge in [-0.15, -0.1) is 0 Å². The van der Waals surface area contributed by atoms with Crippen LogP contribution >= 0.6 is 23.2 Å². The van der Waals surface area contributed by atoms with Crippen LogP contribution in [0.25, 0.3) is 0 Å². The monoisotopic (exact) mass is 291 g/mol. The molecule has 0 spiro atoms. The predicted molar refractivity (Wildman–Crippen MR) is 78.4 cm³/mol. The van der Waals surface area contributed by atoms with Crippen molar-refractivity contribution < 1.29 is 5.02 Å². The summed E-state index contributed by atoms with van der Waals surface area (Å²) >= 11 is 11.9. The van der Waals surface area contributed by atoms with E-state index in [4.69, 9.17) is 23.2 Å². The van der Waals surface area contributed by atoms with Crippen molar-refractivity contribution >= 4 is 47.6 Å². The highest BCUT2D eigenvalue weighted by molar-refractivity contribution is 6.74. The van der Waals surface area contributed by atoms with Gasteiger partial charge in [0.25, 0.3) is 0 Å². The first kappa shape index (κ1) is 12.5. The quantitative estimate of drug-likeness (QED) is 0.645. The fourth-order valence-electron chi connectivity index (χ4n) is 1.94. The van der Waals surface area contributed by atoms with Crippen LogP contribution in [0.3, 0.4) is 0 Å². The van der Waals surface area contributed by atoms with Crippen molar-refractivity contribution in [2.45, 2.75) is 0 Å². The van der Waals surface area contributed by atoms with Gasteiger partial charge in [0.2, 0.25) is 0 Å². The zero-order valence-electron chi connectivity index (χ0n) is 9.66. The molecule has 0 atom stereocenters. The Morgan fingerprint density at radius 1 is 1.11 bits per heavy atom. The van der Waals surface area contributed by atoms with E-state index in [0.29, 0.717) is 10.5 Å². The van der Waals surface area contributed by atoms with Crippen LogP contribution in [0.4, 0.5) is 5.69 Å². The molecule has 0 bridgehead atoms. The fourth-order valence-corrected chi connectivity index (χ4v) is 2.33. The normalized spacial score (nSPS) is 13.6.